The predicted molar refractivity (Wildman–Crippen MR) is 93.1 cm³/mol. The Morgan fingerprint density at radius 1 is 0.957 bits per heavy atom. The largest absolute Gasteiger partial charge is 0.497 e. The quantitative estimate of drug-likeness (QED) is 0.673. The van der Waals surface area contributed by atoms with Gasteiger partial charge in [0.2, 0.25) is 0 Å². The van der Waals surface area contributed by atoms with Crippen LogP contribution in [0, 0.1) is 5.92 Å². The molecule has 0 bridgehead atoms. The van der Waals surface area contributed by atoms with Crippen LogP contribution in [0.3, 0.4) is 0 Å². The first-order chi connectivity index (χ1) is 11.2. The van der Waals surface area contributed by atoms with Crippen molar-refractivity contribution in [2.75, 3.05) is 7.11 Å². The molecule has 3 aromatic carbocycles. The molecule has 0 N–H and O–H groups in total. The second-order valence-corrected chi connectivity index (χ2v) is 6.23. The fourth-order valence-electron chi connectivity index (χ4n) is 3.49. The monoisotopic (exact) mass is 302 g/mol. The van der Waals surface area contributed by atoms with Crippen LogP contribution < -0.4 is 4.74 Å². The number of fused-ring (bicyclic) bond motifs is 2. The molecule has 0 aliphatic heterocycles. The molecule has 0 spiro atoms. The molecule has 0 amide bonds. The van der Waals surface area contributed by atoms with Gasteiger partial charge in [0.15, 0.2) is 5.78 Å². The average Bonchev–Trinajstić information content (AvgIpc) is 2.88. The molecule has 1 aliphatic carbocycles. The minimum absolute atomic E-state index is 0.0934. The standard InChI is InChI=1S/C21H18O2/c1-13-10-20-18(4-3-5-19(20)21(13)22)16-7-6-15-12-17(23-2)9-8-14(15)11-16/h3-9,11-13H,10H2,1-2H3. The topological polar surface area (TPSA) is 26.3 Å². The van der Waals surface area contributed by atoms with Crippen molar-refractivity contribution in [3.05, 3.63) is 65.7 Å². The van der Waals surface area contributed by atoms with Crippen LogP contribution in [0.4, 0.5) is 0 Å². The van der Waals surface area contributed by atoms with Crippen molar-refractivity contribution < 1.29 is 9.53 Å². The lowest BCUT2D eigenvalue weighted by Gasteiger charge is -2.10. The van der Waals surface area contributed by atoms with Gasteiger partial charge in [0.25, 0.3) is 0 Å². The highest BCUT2D eigenvalue weighted by Gasteiger charge is 2.28. The van der Waals surface area contributed by atoms with Crippen molar-refractivity contribution in [1.82, 2.24) is 0 Å². The molecule has 4 rings (SSSR count). The Bertz CT molecular complexity index is 924. The number of methoxy groups -OCH3 is 1. The fourth-order valence-corrected chi connectivity index (χ4v) is 3.49. The number of benzene rings is 3. The third-order valence-electron chi connectivity index (χ3n) is 4.76. The molecular formula is C21H18O2. The fraction of sp³-hybridized carbons (Fsp3) is 0.190. The molecule has 0 saturated carbocycles. The van der Waals surface area contributed by atoms with Crippen LogP contribution in [-0.2, 0) is 6.42 Å². The molecule has 0 heterocycles. The molecule has 1 unspecified atom stereocenters. The minimum atomic E-state index is 0.0934. The van der Waals surface area contributed by atoms with E-state index in [2.05, 4.69) is 30.3 Å². The smallest absolute Gasteiger partial charge is 0.166 e. The maximum atomic E-state index is 12.2. The number of hydrogen-bond donors (Lipinski definition) is 0. The first-order valence-electron chi connectivity index (χ1n) is 7.91. The third-order valence-corrected chi connectivity index (χ3v) is 4.76. The van der Waals surface area contributed by atoms with Crippen LogP contribution >= 0.6 is 0 Å². The molecule has 3 aromatic rings. The van der Waals surface area contributed by atoms with Gasteiger partial charge in [-0.05, 0) is 52.1 Å². The number of carbonyl (C=O) groups excluding carboxylic acids is 1. The zero-order chi connectivity index (χ0) is 16.0. The summed E-state index contributed by atoms with van der Waals surface area (Å²) in [6.07, 6.45) is 0.838. The Morgan fingerprint density at radius 2 is 1.70 bits per heavy atom. The van der Waals surface area contributed by atoms with Gasteiger partial charge in [-0.2, -0.15) is 0 Å². The van der Waals surface area contributed by atoms with E-state index in [0.717, 1.165) is 23.1 Å². The second kappa shape index (κ2) is 5.24. The summed E-state index contributed by atoms with van der Waals surface area (Å²) in [5, 5.41) is 2.34. The number of Topliss-reactive ketones (excluding diaryl/α,β-unsaturated/α-hetero) is 1. The van der Waals surface area contributed by atoms with Crippen molar-refractivity contribution >= 4 is 16.6 Å². The highest BCUT2D eigenvalue weighted by Crippen LogP contribution is 2.36. The average molecular weight is 302 g/mol. The molecule has 0 radical (unpaired) electrons. The molecule has 1 atom stereocenters. The van der Waals surface area contributed by atoms with Gasteiger partial charge < -0.3 is 4.74 Å². The highest BCUT2D eigenvalue weighted by atomic mass is 16.5. The summed E-state index contributed by atoms with van der Waals surface area (Å²) in [7, 11) is 1.68. The normalized spacial score (nSPS) is 16.6. The van der Waals surface area contributed by atoms with Gasteiger partial charge in [0, 0.05) is 11.5 Å². The van der Waals surface area contributed by atoms with Crippen molar-refractivity contribution in [3.8, 4) is 16.9 Å². The van der Waals surface area contributed by atoms with E-state index in [9.17, 15) is 4.79 Å². The molecular weight excluding hydrogens is 284 g/mol. The number of ether oxygens (including phenoxy) is 1. The Labute approximate surface area is 135 Å². The van der Waals surface area contributed by atoms with Crippen LogP contribution in [0.5, 0.6) is 5.75 Å². The molecule has 23 heavy (non-hydrogen) atoms. The van der Waals surface area contributed by atoms with E-state index in [4.69, 9.17) is 4.74 Å². The maximum Gasteiger partial charge on any atom is 0.166 e. The lowest BCUT2D eigenvalue weighted by atomic mass is 9.95. The van der Waals surface area contributed by atoms with E-state index in [0.29, 0.717) is 0 Å². The predicted octanol–water partition coefficient (Wildman–Crippen LogP) is 4.89. The first kappa shape index (κ1) is 14.0. The molecule has 0 fully saturated rings. The molecule has 2 nitrogen and oxygen atoms in total. The number of carbonyl (C=O) groups is 1. The van der Waals surface area contributed by atoms with Gasteiger partial charge in [-0.3, -0.25) is 4.79 Å². The van der Waals surface area contributed by atoms with E-state index >= 15 is 0 Å². The van der Waals surface area contributed by atoms with Crippen LogP contribution in [-0.4, -0.2) is 12.9 Å². The van der Waals surface area contributed by atoms with Gasteiger partial charge in [-0.15, -0.1) is 0 Å². The van der Waals surface area contributed by atoms with Crippen LogP contribution in [0.1, 0.15) is 22.8 Å². The summed E-state index contributed by atoms with van der Waals surface area (Å²) in [5.74, 6) is 1.23. The van der Waals surface area contributed by atoms with Gasteiger partial charge in [0.05, 0.1) is 7.11 Å². The van der Waals surface area contributed by atoms with E-state index < -0.39 is 0 Å². The van der Waals surface area contributed by atoms with Crippen molar-refractivity contribution in [3.63, 3.8) is 0 Å². The number of rotatable bonds is 2. The van der Waals surface area contributed by atoms with E-state index in [1.165, 1.54) is 22.1 Å². The van der Waals surface area contributed by atoms with E-state index in [1.807, 2.05) is 31.2 Å². The summed E-state index contributed by atoms with van der Waals surface area (Å²) < 4.78 is 5.28. The molecule has 0 saturated heterocycles. The zero-order valence-corrected chi connectivity index (χ0v) is 13.3. The summed E-state index contributed by atoms with van der Waals surface area (Å²) in [4.78, 5) is 12.2. The van der Waals surface area contributed by atoms with E-state index in [-0.39, 0.29) is 11.7 Å². The van der Waals surface area contributed by atoms with Crippen LogP contribution in [0.2, 0.25) is 0 Å². The molecule has 1 aliphatic rings. The Kier molecular flexibility index (Phi) is 3.19. The lowest BCUT2D eigenvalue weighted by Crippen LogP contribution is -2.02. The maximum absolute atomic E-state index is 12.2. The lowest BCUT2D eigenvalue weighted by molar-refractivity contribution is 0.0946. The van der Waals surface area contributed by atoms with Crippen molar-refractivity contribution in [2.45, 2.75) is 13.3 Å². The van der Waals surface area contributed by atoms with E-state index in [1.54, 1.807) is 7.11 Å². The summed E-state index contributed by atoms with van der Waals surface area (Å²) in [5.41, 5.74) is 4.43. The van der Waals surface area contributed by atoms with Gasteiger partial charge in [-0.25, -0.2) is 0 Å². The van der Waals surface area contributed by atoms with Crippen molar-refractivity contribution in [1.29, 1.82) is 0 Å². The number of hydrogen-bond acceptors (Lipinski definition) is 2. The minimum Gasteiger partial charge on any atom is -0.497 e. The number of ketones is 1. The SMILES string of the molecule is COc1ccc2cc(-c3cccc4c3CC(C)C4=O)ccc2c1. The Morgan fingerprint density at radius 3 is 2.52 bits per heavy atom. The molecule has 0 aromatic heterocycles. The highest BCUT2D eigenvalue weighted by molar-refractivity contribution is 6.04. The van der Waals surface area contributed by atoms with Gasteiger partial charge >= 0.3 is 0 Å². The van der Waals surface area contributed by atoms with Crippen molar-refractivity contribution in [2.24, 2.45) is 5.92 Å². The molecule has 114 valence electrons. The van der Waals surface area contributed by atoms with Gasteiger partial charge in [-0.1, -0.05) is 43.3 Å². The Balaban J connectivity index is 1.86. The summed E-state index contributed by atoms with van der Waals surface area (Å²) in [6.45, 7) is 2.01. The molecule has 2 heteroatoms. The second-order valence-electron chi connectivity index (χ2n) is 6.23. The Hall–Kier alpha value is -2.61. The zero-order valence-electron chi connectivity index (χ0n) is 13.3. The summed E-state index contributed by atoms with van der Waals surface area (Å²) >= 11 is 0. The van der Waals surface area contributed by atoms with Crippen LogP contribution in [0.25, 0.3) is 21.9 Å². The summed E-state index contributed by atoms with van der Waals surface area (Å²) in [6, 6.07) is 18.6. The third kappa shape index (κ3) is 2.22. The van der Waals surface area contributed by atoms with Crippen LogP contribution in [0.15, 0.2) is 54.6 Å². The van der Waals surface area contributed by atoms with Gasteiger partial charge in [0.1, 0.15) is 5.75 Å². The first-order valence-corrected chi connectivity index (χ1v) is 7.91.